The topological polar surface area (TPSA) is 60.8 Å². The van der Waals surface area contributed by atoms with Gasteiger partial charge < -0.3 is 18.9 Å². The van der Waals surface area contributed by atoms with E-state index in [0.717, 1.165) is 22.0 Å². The van der Waals surface area contributed by atoms with Gasteiger partial charge in [-0.3, -0.25) is 4.79 Å². The first-order valence-corrected chi connectivity index (χ1v) is 11.0. The van der Waals surface area contributed by atoms with Gasteiger partial charge in [-0.1, -0.05) is 24.3 Å². The summed E-state index contributed by atoms with van der Waals surface area (Å²) < 4.78 is 12.7. The van der Waals surface area contributed by atoms with Crippen molar-refractivity contribution in [3.05, 3.63) is 70.9 Å². The predicted octanol–water partition coefficient (Wildman–Crippen LogP) is 5.10. The fourth-order valence-corrected chi connectivity index (χ4v) is 3.83. The molecular weight excluding hydrogens is 416 g/mol. The molecule has 1 heterocycles. The number of fused-ring (bicyclic) bond motifs is 1. The lowest BCUT2D eigenvalue weighted by atomic mass is 10.0. The number of carbonyl (C=O) groups excluding carboxylic acids is 2. The lowest BCUT2D eigenvalue weighted by Gasteiger charge is -2.10. The molecule has 1 amide bonds. The van der Waals surface area contributed by atoms with Gasteiger partial charge in [-0.25, -0.2) is 4.79 Å². The molecule has 0 saturated heterocycles. The van der Waals surface area contributed by atoms with E-state index in [4.69, 9.17) is 9.47 Å². The van der Waals surface area contributed by atoms with Crippen LogP contribution in [0.4, 0.5) is 0 Å². The minimum absolute atomic E-state index is 0.0708. The zero-order chi connectivity index (χ0) is 24.1. The molecule has 0 bridgehead atoms. The molecule has 0 aliphatic rings. The van der Waals surface area contributed by atoms with Crippen molar-refractivity contribution < 1.29 is 19.1 Å². The lowest BCUT2D eigenvalue weighted by molar-refractivity contribution is -0.127. The molecule has 0 radical (unpaired) electrons. The van der Waals surface area contributed by atoms with Gasteiger partial charge in [-0.05, 0) is 54.8 Å². The number of hydrogen-bond donors (Lipinski definition) is 0. The van der Waals surface area contributed by atoms with E-state index in [1.165, 1.54) is 12.7 Å². The van der Waals surface area contributed by atoms with Crippen LogP contribution in [0.25, 0.3) is 17.0 Å². The number of benzene rings is 2. The van der Waals surface area contributed by atoms with Gasteiger partial charge in [0.2, 0.25) is 5.91 Å². The van der Waals surface area contributed by atoms with E-state index < -0.39 is 0 Å². The maximum atomic E-state index is 11.9. The fourth-order valence-electron chi connectivity index (χ4n) is 3.83. The van der Waals surface area contributed by atoms with Crippen LogP contribution in [-0.2, 0) is 16.0 Å². The molecule has 3 aromatic rings. The number of methoxy groups -OCH3 is 2. The Kier molecular flexibility index (Phi) is 7.59. The van der Waals surface area contributed by atoms with Gasteiger partial charge in [-0.2, -0.15) is 0 Å². The van der Waals surface area contributed by atoms with E-state index in [9.17, 15) is 9.59 Å². The van der Waals surface area contributed by atoms with E-state index >= 15 is 0 Å². The molecule has 0 spiro atoms. The Morgan fingerprint density at radius 3 is 2.45 bits per heavy atom. The monoisotopic (exact) mass is 448 g/mol. The van der Waals surface area contributed by atoms with Crippen molar-refractivity contribution in [2.45, 2.75) is 32.7 Å². The maximum absolute atomic E-state index is 11.9. The van der Waals surface area contributed by atoms with Gasteiger partial charge in [0, 0.05) is 50.1 Å². The average Bonchev–Trinajstić information content (AvgIpc) is 3.16. The molecule has 0 fully saturated rings. The summed E-state index contributed by atoms with van der Waals surface area (Å²) in [4.78, 5) is 25.3. The molecule has 174 valence electrons. The van der Waals surface area contributed by atoms with Crippen molar-refractivity contribution in [3.8, 4) is 5.75 Å². The Balaban J connectivity index is 1.99. The van der Waals surface area contributed by atoms with Crippen LogP contribution in [0.15, 0.2) is 48.7 Å². The van der Waals surface area contributed by atoms with Crippen LogP contribution in [0.5, 0.6) is 5.75 Å². The number of rotatable bonds is 8. The van der Waals surface area contributed by atoms with Gasteiger partial charge in [0.05, 0.1) is 19.8 Å². The Labute approximate surface area is 195 Å². The second kappa shape index (κ2) is 10.4. The third-order valence-electron chi connectivity index (χ3n) is 5.69. The van der Waals surface area contributed by atoms with E-state index in [2.05, 4.69) is 42.8 Å². The smallest absolute Gasteiger partial charge is 0.337 e. The fraction of sp³-hybridized carbons (Fsp3) is 0.333. The standard InChI is InChI=1S/C27H32N2O4/c1-18(2)29-17-22(15-20-11-12-21(27(31)33-6)16-25(20)32-5)23-14-19(10-13-24(23)29)8-7-9-26(30)28(3)4/h7-8,10-14,16-18H,9,15H2,1-6H3/b8-7+. The first-order valence-electron chi connectivity index (χ1n) is 11.0. The van der Waals surface area contributed by atoms with Crippen LogP contribution in [0.3, 0.4) is 0 Å². The number of ether oxygens (including phenoxy) is 2. The molecule has 3 rings (SSSR count). The van der Waals surface area contributed by atoms with Crippen LogP contribution < -0.4 is 4.74 Å². The quantitative estimate of drug-likeness (QED) is 0.450. The number of amides is 1. The zero-order valence-corrected chi connectivity index (χ0v) is 20.2. The average molecular weight is 449 g/mol. The van der Waals surface area contributed by atoms with Gasteiger partial charge in [0.1, 0.15) is 5.75 Å². The SMILES string of the molecule is COC(=O)c1ccc(Cc2cn(C(C)C)c3ccc(/C=C/CC(=O)N(C)C)cc23)c(OC)c1. The van der Waals surface area contributed by atoms with Crippen LogP contribution in [0, 0.1) is 0 Å². The van der Waals surface area contributed by atoms with Gasteiger partial charge in [-0.15, -0.1) is 0 Å². The Hall–Kier alpha value is -3.54. The summed E-state index contributed by atoms with van der Waals surface area (Å²) in [6, 6.07) is 12.1. The normalized spacial score (nSPS) is 11.4. The summed E-state index contributed by atoms with van der Waals surface area (Å²) in [5.41, 5.74) is 4.83. The van der Waals surface area contributed by atoms with Gasteiger partial charge >= 0.3 is 5.97 Å². The predicted molar refractivity (Wildman–Crippen MR) is 132 cm³/mol. The number of esters is 1. The van der Waals surface area contributed by atoms with Crippen molar-refractivity contribution in [2.75, 3.05) is 28.3 Å². The molecule has 6 heteroatoms. The van der Waals surface area contributed by atoms with Crippen LogP contribution in [0.1, 0.15) is 53.4 Å². The van der Waals surface area contributed by atoms with E-state index in [1.54, 1.807) is 38.2 Å². The molecule has 0 aliphatic carbocycles. The van der Waals surface area contributed by atoms with E-state index in [0.29, 0.717) is 30.2 Å². The second-order valence-electron chi connectivity index (χ2n) is 8.52. The number of nitrogens with zero attached hydrogens (tertiary/aromatic N) is 2. The minimum Gasteiger partial charge on any atom is -0.496 e. The summed E-state index contributed by atoms with van der Waals surface area (Å²) >= 11 is 0. The third-order valence-corrected chi connectivity index (χ3v) is 5.69. The highest BCUT2D eigenvalue weighted by molar-refractivity contribution is 5.90. The zero-order valence-electron chi connectivity index (χ0n) is 20.2. The van der Waals surface area contributed by atoms with Crippen LogP contribution >= 0.6 is 0 Å². The highest BCUT2D eigenvalue weighted by Crippen LogP contribution is 2.31. The molecule has 0 aliphatic heterocycles. The van der Waals surface area contributed by atoms with Crippen molar-refractivity contribution in [1.29, 1.82) is 0 Å². The molecule has 1 aromatic heterocycles. The summed E-state index contributed by atoms with van der Waals surface area (Å²) in [6.07, 6.45) is 7.11. The summed E-state index contributed by atoms with van der Waals surface area (Å²) in [7, 11) is 6.49. The lowest BCUT2D eigenvalue weighted by Crippen LogP contribution is -2.20. The molecule has 0 unspecified atom stereocenters. The number of hydrogen-bond acceptors (Lipinski definition) is 4. The van der Waals surface area contributed by atoms with E-state index in [-0.39, 0.29) is 11.9 Å². The van der Waals surface area contributed by atoms with E-state index in [1.807, 2.05) is 18.2 Å². The molecule has 0 N–H and O–H groups in total. The van der Waals surface area contributed by atoms with Crippen LogP contribution in [-0.4, -0.2) is 49.7 Å². The Morgan fingerprint density at radius 2 is 1.82 bits per heavy atom. The molecular formula is C27H32N2O4. The first kappa shape index (κ1) is 24.1. The Bertz CT molecular complexity index is 1190. The highest BCUT2D eigenvalue weighted by atomic mass is 16.5. The molecule has 0 atom stereocenters. The molecule has 2 aromatic carbocycles. The number of carbonyl (C=O) groups is 2. The van der Waals surface area contributed by atoms with Crippen molar-refractivity contribution in [1.82, 2.24) is 9.47 Å². The highest BCUT2D eigenvalue weighted by Gasteiger charge is 2.15. The summed E-state index contributed by atoms with van der Waals surface area (Å²) in [5, 5.41) is 1.16. The number of aromatic nitrogens is 1. The molecule has 0 saturated carbocycles. The molecule has 6 nitrogen and oxygen atoms in total. The Morgan fingerprint density at radius 1 is 1.06 bits per heavy atom. The van der Waals surface area contributed by atoms with Crippen molar-refractivity contribution in [3.63, 3.8) is 0 Å². The summed E-state index contributed by atoms with van der Waals surface area (Å²) in [5.74, 6) is 0.337. The van der Waals surface area contributed by atoms with Gasteiger partial charge in [0.15, 0.2) is 0 Å². The van der Waals surface area contributed by atoms with Crippen molar-refractivity contribution >= 4 is 28.9 Å². The van der Waals surface area contributed by atoms with Crippen molar-refractivity contribution in [2.24, 2.45) is 0 Å². The third kappa shape index (κ3) is 5.45. The van der Waals surface area contributed by atoms with Crippen LogP contribution in [0.2, 0.25) is 0 Å². The summed E-state index contributed by atoms with van der Waals surface area (Å²) in [6.45, 7) is 4.32. The second-order valence-corrected chi connectivity index (χ2v) is 8.52. The van der Waals surface area contributed by atoms with Gasteiger partial charge in [0.25, 0.3) is 0 Å². The molecule has 33 heavy (non-hydrogen) atoms. The minimum atomic E-state index is -0.388. The largest absolute Gasteiger partial charge is 0.496 e. The maximum Gasteiger partial charge on any atom is 0.337 e. The first-order chi connectivity index (χ1) is 15.7.